The molecule has 1 aliphatic rings. The van der Waals surface area contributed by atoms with Crippen molar-refractivity contribution in [1.29, 1.82) is 0 Å². The second-order valence-corrected chi connectivity index (χ2v) is 14.2. The van der Waals surface area contributed by atoms with Gasteiger partial charge in [-0.15, -0.1) is 0 Å². The Morgan fingerprint density at radius 3 is 2.36 bits per heavy atom. The van der Waals surface area contributed by atoms with Crippen LogP contribution in [-0.4, -0.2) is 49.1 Å². The lowest BCUT2D eigenvalue weighted by molar-refractivity contribution is -0.129. The Hall–Kier alpha value is 0.0569. The van der Waals surface area contributed by atoms with Crippen molar-refractivity contribution >= 4 is 8.32 Å². The summed E-state index contributed by atoms with van der Waals surface area (Å²) < 4.78 is 13.3. The van der Waals surface area contributed by atoms with Gasteiger partial charge in [-0.1, -0.05) is 34.1 Å². The van der Waals surface area contributed by atoms with E-state index in [1.165, 1.54) is 0 Å². The van der Waals surface area contributed by atoms with E-state index in [4.69, 9.17) is 14.3 Å². The van der Waals surface area contributed by atoms with Gasteiger partial charge in [-0.2, -0.15) is 0 Å². The van der Waals surface area contributed by atoms with Crippen LogP contribution in [0.5, 0.6) is 0 Å². The SMILES string of the molecule is CCC[C@H]1O[C@@H](CCCCO)[C@H](O)CC[C@]1(C)O[Si](C)(C)C(C)(C)C. The second kappa shape index (κ2) is 9.31. The lowest BCUT2D eigenvalue weighted by Crippen LogP contribution is -2.54. The van der Waals surface area contributed by atoms with E-state index in [9.17, 15) is 5.11 Å². The molecule has 1 fully saturated rings. The first-order valence-corrected chi connectivity index (χ1v) is 13.0. The molecule has 0 bridgehead atoms. The van der Waals surface area contributed by atoms with Gasteiger partial charge in [0, 0.05) is 6.61 Å². The molecule has 0 aromatic rings. The number of ether oxygens (including phenoxy) is 1. The molecule has 2 N–H and O–H groups in total. The maximum absolute atomic E-state index is 10.6. The highest BCUT2D eigenvalue weighted by molar-refractivity contribution is 6.74. The van der Waals surface area contributed by atoms with Crippen LogP contribution in [0.2, 0.25) is 18.1 Å². The third kappa shape index (κ3) is 6.31. The number of aliphatic hydroxyl groups is 2. The molecule has 0 aromatic heterocycles. The summed E-state index contributed by atoms with van der Waals surface area (Å²) in [5.74, 6) is 0. The van der Waals surface area contributed by atoms with Gasteiger partial charge in [-0.25, -0.2) is 0 Å². The summed E-state index contributed by atoms with van der Waals surface area (Å²) in [4.78, 5) is 0. The standard InChI is InChI=1S/C20H42O4Si/c1-8-11-18-20(5,24-25(6,7)19(2,3)4)14-13-16(22)17(23-18)12-9-10-15-21/h16-18,21-22H,8-15H2,1-7H3/t16-,17+,18-,20+/m1/s1. The topological polar surface area (TPSA) is 58.9 Å². The zero-order valence-electron chi connectivity index (χ0n) is 17.6. The molecule has 0 aliphatic carbocycles. The van der Waals surface area contributed by atoms with E-state index in [1.54, 1.807) is 0 Å². The van der Waals surface area contributed by atoms with Gasteiger partial charge in [0.2, 0.25) is 0 Å². The molecular formula is C20H42O4Si. The van der Waals surface area contributed by atoms with E-state index in [0.29, 0.717) is 0 Å². The average Bonchev–Trinajstić information content (AvgIpc) is 2.59. The number of hydrogen-bond donors (Lipinski definition) is 2. The molecule has 25 heavy (non-hydrogen) atoms. The van der Waals surface area contributed by atoms with E-state index >= 15 is 0 Å². The van der Waals surface area contributed by atoms with Crippen LogP contribution in [0.3, 0.4) is 0 Å². The fraction of sp³-hybridized carbons (Fsp3) is 1.00. The highest BCUT2D eigenvalue weighted by atomic mass is 28.4. The molecule has 1 rings (SSSR count). The lowest BCUT2D eigenvalue weighted by atomic mass is 9.90. The van der Waals surface area contributed by atoms with Crippen LogP contribution < -0.4 is 0 Å². The average molecular weight is 375 g/mol. The van der Waals surface area contributed by atoms with E-state index in [0.717, 1.165) is 44.9 Å². The van der Waals surface area contributed by atoms with Crippen molar-refractivity contribution < 1.29 is 19.4 Å². The van der Waals surface area contributed by atoms with Gasteiger partial charge in [-0.05, 0) is 63.6 Å². The molecule has 0 amide bonds. The zero-order valence-corrected chi connectivity index (χ0v) is 18.6. The smallest absolute Gasteiger partial charge is 0.192 e. The first-order chi connectivity index (χ1) is 11.5. The van der Waals surface area contributed by atoms with E-state index < -0.39 is 14.4 Å². The minimum atomic E-state index is -1.93. The predicted molar refractivity (Wildman–Crippen MR) is 106 cm³/mol. The van der Waals surface area contributed by atoms with Crippen molar-refractivity contribution in [3.63, 3.8) is 0 Å². The van der Waals surface area contributed by atoms with Crippen molar-refractivity contribution in [2.24, 2.45) is 0 Å². The normalized spacial score (nSPS) is 31.8. The second-order valence-electron chi connectivity index (χ2n) is 9.45. The van der Waals surface area contributed by atoms with E-state index in [-0.39, 0.29) is 29.5 Å². The van der Waals surface area contributed by atoms with Gasteiger partial charge < -0.3 is 19.4 Å². The van der Waals surface area contributed by atoms with Gasteiger partial charge in [0.15, 0.2) is 8.32 Å². The molecule has 0 spiro atoms. The highest BCUT2D eigenvalue weighted by Crippen LogP contribution is 2.43. The van der Waals surface area contributed by atoms with Crippen LogP contribution in [-0.2, 0) is 9.16 Å². The number of aliphatic hydroxyl groups excluding tert-OH is 2. The van der Waals surface area contributed by atoms with Gasteiger partial charge in [-0.3, -0.25) is 0 Å². The maximum atomic E-state index is 10.6. The summed E-state index contributed by atoms with van der Waals surface area (Å²) in [6, 6.07) is 0. The largest absolute Gasteiger partial charge is 0.409 e. The van der Waals surface area contributed by atoms with Crippen molar-refractivity contribution in [3.05, 3.63) is 0 Å². The molecule has 5 heteroatoms. The molecule has 4 atom stereocenters. The minimum Gasteiger partial charge on any atom is -0.409 e. The van der Waals surface area contributed by atoms with Crippen LogP contribution in [0, 0.1) is 0 Å². The third-order valence-corrected chi connectivity index (χ3v) is 10.7. The molecule has 0 radical (unpaired) electrons. The molecule has 4 nitrogen and oxygen atoms in total. The third-order valence-electron chi connectivity index (χ3n) is 6.13. The molecular weight excluding hydrogens is 332 g/mol. The Morgan fingerprint density at radius 1 is 1.20 bits per heavy atom. The Balaban J connectivity index is 2.97. The van der Waals surface area contributed by atoms with Crippen LogP contribution >= 0.6 is 0 Å². The van der Waals surface area contributed by atoms with Crippen molar-refractivity contribution in [2.75, 3.05) is 6.61 Å². The predicted octanol–water partition coefficient (Wildman–Crippen LogP) is 4.64. The quantitative estimate of drug-likeness (QED) is 0.480. The lowest BCUT2D eigenvalue weighted by Gasteiger charge is -2.47. The Labute approximate surface area is 156 Å². The van der Waals surface area contributed by atoms with Crippen LogP contribution in [0.15, 0.2) is 0 Å². The summed E-state index contributed by atoms with van der Waals surface area (Å²) in [7, 11) is -1.93. The van der Waals surface area contributed by atoms with E-state index in [2.05, 4.69) is 47.7 Å². The van der Waals surface area contributed by atoms with Gasteiger partial charge >= 0.3 is 0 Å². The first-order valence-electron chi connectivity index (χ1n) is 10.1. The Bertz CT molecular complexity index is 394. The van der Waals surface area contributed by atoms with E-state index in [1.807, 2.05) is 0 Å². The minimum absolute atomic E-state index is 0.0166. The van der Waals surface area contributed by atoms with Gasteiger partial charge in [0.1, 0.15) is 0 Å². The Morgan fingerprint density at radius 2 is 1.84 bits per heavy atom. The fourth-order valence-corrected chi connectivity index (χ4v) is 5.14. The maximum Gasteiger partial charge on any atom is 0.192 e. The zero-order chi connectivity index (χ0) is 19.3. The van der Waals surface area contributed by atoms with Crippen molar-refractivity contribution in [1.82, 2.24) is 0 Å². The van der Waals surface area contributed by atoms with Crippen LogP contribution in [0.1, 0.15) is 79.6 Å². The molecule has 1 saturated heterocycles. The molecule has 150 valence electrons. The monoisotopic (exact) mass is 374 g/mol. The summed E-state index contributed by atoms with van der Waals surface area (Å²) in [5, 5.41) is 19.8. The molecule has 0 aromatic carbocycles. The number of unbranched alkanes of at least 4 members (excludes halogenated alkanes) is 1. The molecule has 1 heterocycles. The van der Waals surface area contributed by atoms with Gasteiger partial charge in [0.25, 0.3) is 0 Å². The Kier molecular flexibility index (Phi) is 8.60. The molecule has 0 saturated carbocycles. The fourth-order valence-electron chi connectivity index (χ4n) is 3.43. The summed E-state index contributed by atoms with van der Waals surface area (Å²) >= 11 is 0. The highest BCUT2D eigenvalue weighted by Gasteiger charge is 2.48. The van der Waals surface area contributed by atoms with Gasteiger partial charge in [0.05, 0.1) is 23.9 Å². The first kappa shape index (κ1) is 23.1. The van der Waals surface area contributed by atoms with Crippen LogP contribution in [0.25, 0.3) is 0 Å². The van der Waals surface area contributed by atoms with Crippen molar-refractivity contribution in [3.8, 4) is 0 Å². The van der Waals surface area contributed by atoms with Crippen LogP contribution in [0.4, 0.5) is 0 Å². The molecule has 1 aliphatic heterocycles. The summed E-state index contributed by atoms with van der Waals surface area (Å²) in [6.45, 7) is 16.0. The number of hydrogen-bond acceptors (Lipinski definition) is 4. The summed E-state index contributed by atoms with van der Waals surface area (Å²) in [5.41, 5.74) is -0.342. The molecule has 0 unspecified atom stereocenters. The summed E-state index contributed by atoms with van der Waals surface area (Å²) in [6.07, 6.45) is 5.43. The van der Waals surface area contributed by atoms with Crippen molar-refractivity contribution in [2.45, 2.75) is 122 Å². The number of rotatable bonds is 8.